The van der Waals surface area contributed by atoms with Crippen LogP contribution >= 0.6 is 0 Å². The van der Waals surface area contributed by atoms with Gasteiger partial charge < -0.3 is 4.74 Å². The molecular formula is C21H18O. The van der Waals surface area contributed by atoms with Gasteiger partial charge in [-0.25, -0.2) is 0 Å². The van der Waals surface area contributed by atoms with E-state index in [-0.39, 0.29) is 0 Å². The van der Waals surface area contributed by atoms with E-state index < -0.39 is 0 Å². The molecule has 0 aliphatic rings. The largest absolute Gasteiger partial charge is 0.488 e. The molecule has 0 unspecified atom stereocenters. The Morgan fingerprint density at radius 2 is 1.27 bits per heavy atom. The van der Waals surface area contributed by atoms with Crippen molar-refractivity contribution in [3.8, 4) is 5.75 Å². The Kier molecular flexibility index (Phi) is 4.68. The second-order valence-corrected chi connectivity index (χ2v) is 5.06. The first-order valence-corrected chi connectivity index (χ1v) is 7.41. The van der Waals surface area contributed by atoms with E-state index in [0.29, 0.717) is 6.61 Å². The second-order valence-electron chi connectivity index (χ2n) is 5.06. The summed E-state index contributed by atoms with van der Waals surface area (Å²) in [6, 6.07) is 28.6. The van der Waals surface area contributed by atoms with E-state index in [0.717, 1.165) is 11.3 Å². The van der Waals surface area contributed by atoms with Gasteiger partial charge >= 0.3 is 0 Å². The first-order chi connectivity index (χ1) is 10.9. The van der Waals surface area contributed by atoms with E-state index in [2.05, 4.69) is 42.5 Å². The fourth-order valence-corrected chi connectivity index (χ4v) is 2.24. The maximum atomic E-state index is 5.96. The van der Waals surface area contributed by atoms with Gasteiger partial charge in [-0.05, 0) is 17.2 Å². The molecule has 3 aromatic rings. The molecule has 0 fully saturated rings. The number of para-hydroxylation sites is 1. The van der Waals surface area contributed by atoms with E-state index >= 15 is 0 Å². The van der Waals surface area contributed by atoms with Gasteiger partial charge in [0.25, 0.3) is 0 Å². The van der Waals surface area contributed by atoms with Gasteiger partial charge in [0.1, 0.15) is 12.4 Å². The van der Waals surface area contributed by atoms with Crippen LogP contribution in [0.1, 0.15) is 16.7 Å². The van der Waals surface area contributed by atoms with Gasteiger partial charge in [-0.15, -0.1) is 0 Å². The number of hydrogen-bond acceptors (Lipinski definition) is 1. The number of benzene rings is 3. The highest BCUT2D eigenvalue weighted by molar-refractivity contribution is 5.72. The molecule has 1 heteroatoms. The zero-order valence-electron chi connectivity index (χ0n) is 12.4. The van der Waals surface area contributed by atoms with E-state index in [1.165, 1.54) is 11.1 Å². The average molecular weight is 286 g/mol. The predicted octanol–water partition coefficient (Wildman–Crippen LogP) is 5.44. The van der Waals surface area contributed by atoms with Crippen molar-refractivity contribution < 1.29 is 4.74 Å². The van der Waals surface area contributed by atoms with Crippen LogP contribution in [0.25, 0.3) is 12.2 Å². The fraction of sp³-hybridized carbons (Fsp3) is 0.0476. The molecule has 22 heavy (non-hydrogen) atoms. The van der Waals surface area contributed by atoms with Gasteiger partial charge in [0.2, 0.25) is 0 Å². The van der Waals surface area contributed by atoms with Crippen molar-refractivity contribution in [2.75, 3.05) is 0 Å². The Morgan fingerprint density at radius 3 is 2.05 bits per heavy atom. The summed E-state index contributed by atoms with van der Waals surface area (Å²) in [4.78, 5) is 0. The first-order valence-electron chi connectivity index (χ1n) is 7.41. The van der Waals surface area contributed by atoms with Gasteiger partial charge in [0, 0.05) is 5.56 Å². The Bertz CT molecular complexity index is 730. The summed E-state index contributed by atoms with van der Waals surface area (Å²) < 4.78 is 5.96. The quantitative estimate of drug-likeness (QED) is 0.568. The van der Waals surface area contributed by atoms with E-state index in [4.69, 9.17) is 4.74 Å². The first kappa shape index (κ1) is 14.2. The van der Waals surface area contributed by atoms with Crippen LogP contribution in [0.2, 0.25) is 0 Å². The molecule has 0 saturated heterocycles. The maximum Gasteiger partial charge on any atom is 0.127 e. The van der Waals surface area contributed by atoms with Crippen LogP contribution in [-0.4, -0.2) is 0 Å². The fourth-order valence-electron chi connectivity index (χ4n) is 2.24. The molecule has 0 spiro atoms. The number of rotatable bonds is 5. The molecule has 0 heterocycles. The van der Waals surface area contributed by atoms with Crippen molar-refractivity contribution >= 4 is 12.2 Å². The number of ether oxygens (including phenoxy) is 1. The van der Waals surface area contributed by atoms with E-state index in [1.54, 1.807) is 0 Å². The van der Waals surface area contributed by atoms with Crippen LogP contribution in [0.15, 0.2) is 84.9 Å². The molecule has 3 rings (SSSR count). The summed E-state index contributed by atoms with van der Waals surface area (Å²) in [5.41, 5.74) is 3.44. The normalized spacial score (nSPS) is 10.7. The minimum absolute atomic E-state index is 0.580. The monoisotopic (exact) mass is 286 g/mol. The molecule has 0 N–H and O–H groups in total. The summed E-state index contributed by atoms with van der Waals surface area (Å²) in [6.45, 7) is 0.580. The van der Waals surface area contributed by atoms with Crippen molar-refractivity contribution in [3.05, 3.63) is 102 Å². The molecule has 0 saturated carbocycles. The van der Waals surface area contributed by atoms with Crippen LogP contribution in [0.3, 0.4) is 0 Å². The summed E-state index contributed by atoms with van der Waals surface area (Å²) in [5, 5.41) is 0. The topological polar surface area (TPSA) is 9.23 Å². The third-order valence-electron chi connectivity index (χ3n) is 3.41. The summed E-state index contributed by atoms with van der Waals surface area (Å²) in [5.74, 6) is 0.901. The van der Waals surface area contributed by atoms with Crippen molar-refractivity contribution in [2.45, 2.75) is 6.61 Å². The lowest BCUT2D eigenvalue weighted by Gasteiger charge is -2.09. The third-order valence-corrected chi connectivity index (χ3v) is 3.41. The lowest BCUT2D eigenvalue weighted by molar-refractivity contribution is 0.305. The molecule has 0 aliphatic heterocycles. The van der Waals surface area contributed by atoms with Crippen LogP contribution in [0, 0.1) is 0 Å². The van der Waals surface area contributed by atoms with Crippen LogP contribution in [0.5, 0.6) is 5.75 Å². The Balaban J connectivity index is 1.74. The molecule has 108 valence electrons. The lowest BCUT2D eigenvalue weighted by atomic mass is 10.1. The molecule has 0 amide bonds. The van der Waals surface area contributed by atoms with Crippen LogP contribution in [-0.2, 0) is 6.61 Å². The van der Waals surface area contributed by atoms with Crippen molar-refractivity contribution in [1.29, 1.82) is 0 Å². The van der Waals surface area contributed by atoms with Gasteiger partial charge in [-0.2, -0.15) is 0 Å². The van der Waals surface area contributed by atoms with Gasteiger partial charge in [-0.1, -0.05) is 91.0 Å². The molecule has 0 atom stereocenters. The smallest absolute Gasteiger partial charge is 0.127 e. The Morgan fingerprint density at radius 1 is 0.636 bits per heavy atom. The van der Waals surface area contributed by atoms with Crippen molar-refractivity contribution in [1.82, 2.24) is 0 Å². The molecule has 0 radical (unpaired) electrons. The van der Waals surface area contributed by atoms with Gasteiger partial charge in [0.05, 0.1) is 0 Å². The summed E-state index contributed by atoms with van der Waals surface area (Å²) in [7, 11) is 0. The Labute approximate surface area is 131 Å². The molecule has 0 aliphatic carbocycles. The zero-order chi connectivity index (χ0) is 15.0. The molecular weight excluding hydrogens is 268 g/mol. The summed E-state index contributed by atoms with van der Waals surface area (Å²) in [6.07, 6.45) is 4.19. The average Bonchev–Trinajstić information content (AvgIpc) is 2.61. The van der Waals surface area contributed by atoms with Gasteiger partial charge in [0.15, 0.2) is 0 Å². The standard InChI is InChI=1S/C21H18O/c1-3-9-18(10-4-1)15-16-20-13-7-8-14-21(20)22-17-19-11-5-2-6-12-19/h1-16H,17H2. The summed E-state index contributed by atoms with van der Waals surface area (Å²) >= 11 is 0. The van der Waals surface area contributed by atoms with E-state index in [9.17, 15) is 0 Å². The highest BCUT2D eigenvalue weighted by atomic mass is 16.5. The molecule has 1 nitrogen and oxygen atoms in total. The minimum Gasteiger partial charge on any atom is -0.488 e. The highest BCUT2D eigenvalue weighted by Crippen LogP contribution is 2.21. The SMILES string of the molecule is C(=Cc1ccccc1OCc1ccccc1)c1ccccc1. The highest BCUT2D eigenvalue weighted by Gasteiger charge is 2.00. The van der Waals surface area contributed by atoms with Gasteiger partial charge in [-0.3, -0.25) is 0 Å². The maximum absolute atomic E-state index is 5.96. The molecule has 3 aromatic carbocycles. The van der Waals surface area contributed by atoms with Crippen LogP contribution < -0.4 is 4.74 Å². The third kappa shape index (κ3) is 3.86. The molecule has 0 bridgehead atoms. The molecule has 0 aromatic heterocycles. The predicted molar refractivity (Wildman–Crippen MR) is 92.6 cm³/mol. The lowest BCUT2D eigenvalue weighted by Crippen LogP contribution is -1.96. The number of hydrogen-bond donors (Lipinski definition) is 0. The Hall–Kier alpha value is -2.80. The minimum atomic E-state index is 0.580. The van der Waals surface area contributed by atoms with Crippen molar-refractivity contribution in [3.63, 3.8) is 0 Å². The van der Waals surface area contributed by atoms with E-state index in [1.807, 2.05) is 54.6 Å². The van der Waals surface area contributed by atoms with Crippen molar-refractivity contribution in [2.24, 2.45) is 0 Å². The van der Waals surface area contributed by atoms with Crippen LogP contribution in [0.4, 0.5) is 0 Å². The zero-order valence-corrected chi connectivity index (χ0v) is 12.4. The second kappa shape index (κ2) is 7.28.